The predicted octanol–water partition coefficient (Wildman–Crippen LogP) is 17.9. The number of unbranched alkanes of at least 4 members (excludes halogenated alkanes) is 31. The predicted molar refractivity (Wildman–Crippen MR) is 270 cm³/mol. The average Bonchev–Trinajstić information content (AvgIpc) is 3.28. The first-order valence-electron chi connectivity index (χ1n) is 26.8. The van der Waals surface area contributed by atoms with Crippen molar-refractivity contribution in [1.29, 1.82) is 0 Å². The molecule has 0 aromatic carbocycles. The van der Waals surface area contributed by atoms with Crippen LogP contribution in [0.5, 0.6) is 0 Å². The number of ether oxygens (including phenoxy) is 2. The maximum Gasteiger partial charge on any atom is 0.306 e. The molecule has 0 aromatic rings. The molecule has 5 heteroatoms. The summed E-state index contributed by atoms with van der Waals surface area (Å²) in [5.74, 6) is -0.587. The monoisotopic (exact) mass is 867 g/mol. The molecule has 0 aliphatic carbocycles. The minimum atomic E-state index is -0.765. The van der Waals surface area contributed by atoms with Crippen molar-refractivity contribution in [3.05, 3.63) is 60.8 Å². The van der Waals surface area contributed by atoms with E-state index in [1.165, 1.54) is 173 Å². The van der Waals surface area contributed by atoms with Gasteiger partial charge in [-0.1, -0.05) is 261 Å². The smallest absolute Gasteiger partial charge is 0.306 e. The molecule has 1 atom stereocenters. The van der Waals surface area contributed by atoms with Crippen molar-refractivity contribution in [2.45, 2.75) is 277 Å². The van der Waals surface area contributed by atoms with Gasteiger partial charge in [0.25, 0.3) is 0 Å². The van der Waals surface area contributed by atoms with Crippen molar-refractivity contribution in [3.8, 4) is 0 Å². The maximum atomic E-state index is 12.2. The van der Waals surface area contributed by atoms with Gasteiger partial charge < -0.3 is 14.6 Å². The van der Waals surface area contributed by atoms with Crippen LogP contribution in [0.2, 0.25) is 0 Å². The van der Waals surface area contributed by atoms with E-state index in [4.69, 9.17) is 9.47 Å². The van der Waals surface area contributed by atoms with Crippen molar-refractivity contribution in [3.63, 3.8) is 0 Å². The summed E-state index contributed by atoms with van der Waals surface area (Å²) in [5, 5.41) is 9.54. The van der Waals surface area contributed by atoms with E-state index >= 15 is 0 Å². The lowest BCUT2D eigenvalue weighted by Gasteiger charge is -2.15. The number of carbonyl (C=O) groups is 2. The highest BCUT2D eigenvalue weighted by molar-refractivity contribution is 5.70. The molecule has 0 spiro atoms. The first-order valence-corrected chi connectivity index (χ1v) is 26.8. The van der Waals surface area contributed by atoms with E-state index in [1.54, 1.807) is 0 Å². The molecule has 5 nitrogen and oxygen atoms in total. The Hall–Kier alpha value is -2.40. The number of aliphatic hydroxyl groups excluding tert-OH is 1. The lowest BCUT2D eigenvalue weighted by atomic mass is 10.0. The number of aliphatic hydroxyl groups is 1. The molecule has 0 saturated carbocycles. The van der Waals surface area contributed by atoms with E-state index < -0.39 is 6.10 Å². The van der Waals surface area contributed by atoms with Crippen molar-refractivity contribution in [2.75, 3.05) is 13.2 Å². The Morgan fingerprint density at radius 3 is 1.05 bits per heavy atom. The van der Waals surface area contributed by atoms with Gasteiger partial charge in [-0.2, -0.15) is 0 Å². The number of hydrogen-bond acceptors (Lipinski definition) is 5. The van der Waals surface area contributed by atoms with Crippen LogP contribution in [0.4, 0.5) is 0 Å². The lowest BCUT2D eigenvalue weighted by Crippen LogP contribution is -2.28. The molecule has 0 fully saturated rings. The van der Waals surface area contributed by atoms with Crippen LogP contribution in [0.1, 0.15) is 271 Å². The van der Waals surface area contributed by atoms with Crippen LogP contribution < -0.4 is 0 Å². The third-order valence-electron chi connectivity index (χ3n) is 11.8. The maximum absolute atomic E-state index is 12.2. The summed E-state index contributed by atoms with van der Waals surface area (Å²) in [5.41, 5.74) is 0. The Kier molecular flexibility index (Phi) is 50.9. The van der Waals surface area contributed by atoms with Gasteiger partial charge in [-0.05, 0) is 57.8 Å². The summed E-state index contributed by atoms with van der Waals surface area (Å²) in [6.07, 6.45) is 71.0. The molecule has 0 heterocycles. The van der Waals surface area contributed by atoms with Crippen LogP contribution in [0.15, 0.2) is 60.8 Å². The summed E-state index contributed by atoms with van der Waals surface area (Å²) in [7, 11) is 0. The van der Waals surface area contributed by atoms with Crippen molar-refractivity contribution < 1.29 is 24.2 Å². The molecule has 360 valence electrons. The van der Waals surface area contributed by atoms with Crippen molar-refractivity contribution in [1.82, 2.24) is 0 Å². The lowest BCUT2D eigenvalue weighted by molar-refractivity contribution is -0.161. The Morgan fingerprint density at radius 1 is 0.387 bits per heavy atom. The summed E-state index contributed by atoms with van der Waals surface area (Å²) in [6, 6.07) is 0. The van der Waals surface area contributed by atoms with E-state index in [-0.39, 0.29) is 25.2 Å². The molecule has 0 saturated heterocycles. The molecule has 0 radical (unpaired) electrons. The van der Waals surface area contributed by atoms with E-state index in [0.717, 1.165) is 70.6 Å². The van der Waals surface area contributed by atoms with Gasteiger partial charge in [-0.25, -0.2) is 0 Å². The highest BCUT2D eigenvalue weighted by Gasteiger charge is 2.16. The van der Waals surface area contributed by atoms with Gasteiger partial charge in [0.2, 0.25) is 0 Å². The zero-order chi connectivity index (χ0) is 44.9. The second-order valence-corrected chi connectivity index (χ2v) is 17.9. The summed E-state index contributed by atoms with van der Waals surface area (Å²) >= 11 is 0. The van der Waals surface area contributed by atoms with Gasteiger partial charge in [-0.3, -0.25) is 9.59 Å². The minimum absolute atomic E-state index is 0.0617. The van der Waals surface area contributed by atoms with Gasteiger partial charge >= 0.3 is 11.9 Å². The summed E-state index contributed by atoms with van der Waals surface area (Å²) in [4.78, 5) is 24.2. The molecule has 1 N–H and O–H groups in total. The average molecular weight is 867 g/mol. The molecule has 1 unspecified atom stereocenters. The second kappa shape index (κ2) is 52.9. The number of carbonyl (C=O) groups excluding carboxylic acids is 2. The van der Waals surface area contributed by atoms with E-state index in [1.807, 2.05) is 0 Å². The molecule has 0 bridgehead atoms. The van der Waals surface area contributed by atoms with E-state index in [2.05, 4.69) is 74.6 Å². The molecule has 0 aromatic heterocycles. The first-order chi connectivity index (χ1) is 30.6. The van der Waals surface area contributed by atoms with Crippen LogP contribution in [0, 0.1) is 0 Å². The third-order valence-corrected chi connectivity index (χ3v) is 11.8. The molecule has 62 heavy (non-hydrogen) atoms. The Labute approximate surface area is 385 Å². The molecular weight excluding hydrogens is 765 g/mol. The number of allylic oxidation sites excluding steroid dienone is 10. The van der Waals surface area contributed by atoms with Gasteiger partial charge in [0.1, 0.15) is 6.61 Å². The number of hydrogen-bond donors (Lipinski definition) is 1. The van der Waals surface area contributed by atoms with E-state index in [9.17, 15) is 14.7 Å². The highest BCUT2D eigenvalue weighted by atomic mass is 16.6. The fourth-order valence-corrected chi connectivity index (χ4v) is 7.82. The number of rotatable bonds is 49. The fraction of sp³-hybridized carbons (Fsp3) is 0.789. The minimum Gasteiger partial charge on any atom is -0.462 e. The zero-order valence-electron chi connectivity index (χ0n) is 41.1. The van der Waals surface area contributed by atoms with Crippen LogP contribution >= 0.6 is 0 Å². The normalized spacial score (nSPS) is 12.6. The zero-order valence-corrected chi connectivity index (χ0v) is 41.1. The van der Waals surface area contributed by atoms with Crippen LogP contribution in [0.3, 0.4) is 0 Å². The van der Waals surface area contributed by atoms with Gasteiger partial charge in [0.05, 0.1) is 6.61 Å². The Bertz CT molecular complexity index is 1070. The second-order valence-electron chi connectivity index (χ2n) is 17.9. The summed E-state index contributed by atoms with van der Waals surface area (Å²) in [6.45, 7) is 3.99. The van der Waals surface area contributed by atoms with Gasteiger partial charge in [0.15, 0.2) is 6.10 Å². The largest absolute Gasteiger partial charge is 0.462 e. The standard InChI is InChI=1S/C57H102O5/c1-3-5-7-9-11-12-13-14-15-16-17-18-19-20-21-22-23-24-25-26-27-28-29-30-31-32-33-34-35-36-37-38-39-40-41-42-43-44-46-48-50-52-57(60)62-55(53-58)54-61-56(59)51-49-47-45-10-8-6-4-2/h5,7,11-12,14-15,17-18,20-21,55,58H,3-4,6,8-10,13,16,19,22-54H2,1-2H3/b7-5-,12-11-,15-14-,18-17-,21-20-. The van der Waals surface area contributed by atoms with Crippen LogP contribution in [0.25, 0.3) is 0 Å². The third kappa shape index (κ3) is 50.2. The SMILES string of the molecule is CC/C=C\C/C=C\C/C=C\C/C=C\C/C=C\CCCCCCCCCCCCCCCCCCCCCCCCCCCC(=O)OC(CO)COC(=O)CCCCCCCCC. The number of esters is 2. The van der Waals surface area contributed by atoms with Gasteiger partial charge in [-0.15, -0.1) is 0 Å². The first kappa shape index (κ1) is 59.6. The Balaban J connectivity index is 3.35. The topological polar surface area (TPSA) is 72.8 Å². The van der Waals surface area contributed by atoms with Crippen molar-refractivity contribution in [2.24, 2.45) is 0 Å². The van der Waals surface area contributed by atoms with E-state index in [0.29, 0.717) is 12.8 Å². The Morgan fingerprint density at radius 2 is 0.694 bits per heavy atom. The van der Waals surface area contributed by atoms with Crippen LogP contribution in [-0.4, -0.2) is 36.4 Å². The molecule has 0 aliphatic heterocycles. The van der Waals surface area contributed by atoms with Gasteiger partial charge in [0, 0.05) is 12.8 Å². The molecular formula is C57H102O5. The fourth-order valence-electron chi connectivity index (χ4n) is 7.82. The van der Waals surface area contributed by atoms with Crippen LogP contribution in [-0.2, 0) is 19.1 Å². The highest BCUT2D eigenvalue weighted by Crippen LogP contribution is 2.17. The quantitative estimate of drug-likeness (QED) is 0.0375. The molecule has 0 rings (SSSR count). The van der Waals surface area contributed by atoms with Crippen molar-refractivity contribution >= 4 is 11.9 Å². The summed E-state index contributed by atoms with van der Waals surface area (Å²) < 4.78 is 10.6. The molecule has 0 amide bonds. The molecule has 0 aliphatic rings.